The van der Waals surface area contributed by atoms with Gasteiger partial charge >= 0.3 is 17.9 Å². The zero-order valence-corrected chi connectivity index (χ0v) is 52.3. The first-order valence-corrected chi connectivity index (χ1v) is 33.5. The van der Waals surface area contributed by atoms with Gasteiger partial charge in [-0.25, -0.2) is 0 Å². The van der Waals surface area contributed by atoms with Crippen molar-refractivity contribution in [2.24, 2.45) is 0 Å². The molecule has 0 saturated heterocycles. The molecule has 0 aromatic rings. The van der Waals surface area contributed by atoms with Gasteiger partial charge in [-0.2, -0.15) is 0 Å². The molecule has 6 heteroatoms. The van der Waals surface area contributed by atoms with Crippen LogP contribution in [0.15, 0.2) is 122 Å². The highest BCUT2D eigenvalue weighted by atomic mass is 16.6. The summed E-state index contributed by atoms with van der Waals surface area (Å²) in [5, 5.41) is 0. The van der Waals surface area contributed by atoms with Gasteiger partial charge < -0.3 is 14.2 Å². The fourth-order valence-corrected chi connectivity index (χ4v) is 9.26. The molecule has 80 heavy (non-hydrogen) atoms. The summed E-state index contributed by atoms with van der Waals surface area (Å²) >= 11 is 0. The minimum Gasteiger partial charge on any atom is -0.462 e. The second-order valence-corrected chi connectivity index (χ2v) is 22.0. The molecule has 456 valence electrons. The van der Waals surface area contributed by atoms with Crippen LogP contribution in [0.2, 0.25) is 0 Å². The predicted octanol–water partition coefficient (Wildman–Crippen LogP) is 23.2. The van der Waals surface area contributed by atoms with E-state index in [4.69, 9.17) is 14.2 Å². The molecule has 0 radical (unpaired) electrons. The van der Waals surface area contributed by atoms with Crippen LogP contribution in [0.1, 0.15) is 310 Å². The first kappa shape index (κ1) is 75.8. The Labute approximate surface area is 494 Å². The largest absolute Gasteiger partial charge is 0.462 e. The zero-order valence-electron chi connectivity index (χ0n) is 52.3. The van der Waals surface area contributed by atoms with Crippen molar-refractivity contribution < 1.29 is 28.6 Å². The molecule has 0 saturated carbocycles. The molecule has 1 atom stereocenters. The molecular weight excluding hydrogens is 985 g/mol. The first-order chi connectivity index (χ1) is 39.5. The molecule has 0 aliphatic carbocycles. The first-order valence-electron chi connectivity index (χ1n) is 33.5. The summed E-state index contributed by atoms with van der Waals surface area (Å²) in [7, 11) is 0. The Morgan fingerprint density at radius 3 is 0.762 bits per heavy atom. The predicted molar refractivity (Wildman–Crippen MR) is 348 cm³/mol. The molecule has 6 nitrogen and oxygen atoms in total. The number of carbonyl (C=O) groups excluding carboxylic acids is 3. The summed E-state index contributed by atoms with van der Waals surface area (Å²) in [6.45, 7) is 6.41. The Morgan fingerprint density at radius 1 is 0.263 bits per heavy atom. The van der Waals surface area contributed by atoms with Crippen LogP contribution in [0.5, 0.6) is 0 Å². The number of esters is 3. The van der Waals surface area contributed by atoms with E-state index in [1.807, 2.05) is 0 Å². The van der Waals surface area contributed by atoms with Crippen LogP contribution in [0.4, 0.5) is 0 Å². The lowest BCUT2D eigenvalue weighted by molar-refractivity contribution is -0.167. The van der Waals surface area contributed by atoms with E-state index in [0.29, 0.717) is 19.3 Å². The molecule has 0 amide bonds. The molecular formula is C74H124O6. The van der Waals surface area contributed by atoms with E-state index in [0.717, 1.165) is 148 Å². The van der Waals surface area contributed by atoms with Gasteiger partial charge in [0.2, 0.25) is 0 Å². The van der Waals surface area contributed by atoms with Crippen molar-refractivity contribution in [3.05, 3.63) is 122 Å². The van der Waals surface area contributed by atoms with E-state index in [-0.39, 0.29) is 31.1 Å². The molecule has 0 aromatic carbocycles. The standard InChI is InChI=1S/C74H124O6/c1-4-7-10-13-16-19-22-25-28-31-34-36-37-38-41-43-46-49-52-55-58-61-64-67-73(76)79-70-71(69-78-72(75)66-63-60-57-54-51-48-45-42-39-33-30-27-24-21-18-15-12-9-6-3)80-74(77)68-65-62-59-56-53-50-47-44-40-35-32-29-26-23-20-17-14-11-8-5-2/h7,9-10,12,16,18-19,21,25,27-28,30,34,36,38-39,41-42,46,49,71H,4-6,8,11,13-15,17,20,22-24,26,29,31-33,35,37,40,43-45,47-48,50-70H2,1-3H3/b10-7-,12-9-,19-16-,21-18-,28-25-,30-27-,36-34-,41-38-,42-39-,49-46-. The average molecular weight is 1110 g/mol. The Kier molecular flexibility index (Phi) is 63.8. The van der Waals surface area contributed by atoms with E-state index >= 15 is 0 Å². The van der Waals surface area contributed by atoms with Gasteiger partial charge in [0.15, 0.2) is 6.10 Å². The van der Waals surface area contributed by atoms with Crippen molar-refractivity contribution in [2.75, 3.05) is 13.2 Å². The van der Waals surface area contributed by atoms with Crippen LogP contribution in [-0.4, -0.2) is 37.2 Å². The number of ether oxygens (including phenoxy) is 3. The monoisotopic (exact) mass is 1110 g/mol. The molecule has 0 N–H and O–H groups in total. The third-order valence-corrected chi connectivity index (χ3v) is 14.2. The normalized spacial score (nSPS) is 12.9. The molecule has 0 aliphatic rings. The molecule has 0 spiro atoms. The smallest absolute Gasteiger partial charge is 0.306 e. The second-order valence-electron chi connectivity index (χ2n) is 22.0. The minimum absolute atomic E-state index is 0.0942. The number of allylic oxidation sites excluding steroid dienone is 20. The highest BCUT2D eigenvalue weighted by Gasteiger charge is 2.19. The Hall–Kier alpha value is -4.19. The number of carbonyl (C=O) groups is 3. The Balaban J connectivity index is 4.46. The number of unbranched alkanes of at least 4 members (excludes halogenated alkanes) is 29. The molecule has 0 bridgehead atoms. The van der Waals surface area contributed by atoms with Crippen LogP contribution in [0.3, 0.4) is 0 Å². The van der Waals surface area contributed by atoms with Crippen molar-refractivity contribution in [2.45, 2.75) is 316 Å². The lowest BCUT2D eigenvalue weighted by atomic mass is 10.0. The summed E-state index contributed by atoms with van der Waals surface area (Å²) in [4.78, 5) is 38.4. The number of rotatable bonds is 60. The van der Waals surface area contributed by atoms with Crippen LogP contribution >= 0.6 is 0 Å². The van der Waals surface area contributed by atoms with Gasteiger partial charge in [0.1, 0.15) is 13.2 Å². The van der Waals surface area contributed by atoms with Crippen molar-refractivity contribution in [3.63, 3.8) is 0 Å². The summed E-state index contributed by atoms with van der Waals surface area (Å²) in [5.41, 5.74) is 0. The molecule has 0 aromatic heterocycles. The van der Waals surface area contributed by atoms with Crippen molar-refractivity contribution in [3.8, 4) is 0 Å². The SMILES string of the molecule is CC/C=C\C/C=C\C/C=C\C/C=C\C/C=C\C/C=C\CCCCCCC(=O)OCC(COC(=O)CCCCCCCC/C=C\C/C=C\C/C=C\C/C=C\CC)OC(=O)CCCCCCCCCCCCCCCCCCCCCC. The molecule has 0 heterocycles. The van der Waals surface area contributed by atoms with Crippen LogP contribution in [0.25, 0.3) is 0 Å². The summed E-state index contributed by atoms with van der Waals surface area (Å²) in [5.74, 6) is -0.921. The molecule has 0 aliphatic heterocycles. The lowest BCUT2D eigenvalue weighted by Crippen LogP contribution is -2.30. The van der Waals surface area contributed by atoms with Gasteiger partial charge in [-0.3, -0.25) is 14.4 Å². The summed E-state index contributed by atoms with van der Waals surface area (Å²) in [6.07, 6.45) is 93.5. The third-order valence-electron chi connectivity index (χ3n) is 14.2. The maximum Gasteiger partial charge on any atom is 0.306 e. The quantitative estimate of drug-likeness (QED) is 0.0261. The maximum absolute atomic E-state index is 13.0. The van der Waals surface area contributed by atoms with Crippen LogP contribution in [-0.2, 0) is 28.6 Å². The average Bonchev–Trinajstić information content (AvgIpc) is 3.46. The van der Waals surface area contributed by atoms with E-state index in [9.17, 15) is 14.4 Å². The fourth-order valence-electron chi connectivity index (χ4n) is 9.26. The van der Waals surface area contributed by atoms with Gasteiger partial charge in [-0.05, 0) is 109 Å². The lowest BCUT2D eigenvalue weighted by Gasteiger charge is -2.18. The number of hydrogen-bond acceptors (Lipinski definition) is 6. The third kappa shape index (κ3) is 64.6. The molecule has 1 unspecified atom stereocenters. The summed E-state index contributed by atoms with van der Waals surface area (Å²) < 4.78 is 17.0. The van der Waals surface area contributed by atoms with E-state index < -0.39 is 6.10 Å². The fraction of sp³-hybridized carbons (Fsp3) is 0.689. The number of hydrogen-bond donors (Lipinski definition) is 0. The molecule has 0 rings (SSSR count). The van der Waals surface area contributed by atoms with Crippen LogP contribution < -0.4 is 0 Å². The van der Waals surface area contributed by atoms with Gasteiger partial charge in [0, 0.05) is 19.3 Å². The summed E-state index contributed by atoms with van der Waals surface area (Å²) in [6, 6.07) is 0. The van der Waals surface area contributed by atoms with Gasteiger partial charge in [0.05, 0.1) is 0 Å². The van der Waals surface area contributed by atoms with Crippen LogP contribution in [0, 0.1) is 0 Å². The van der Waals surface area contributed by atoms with Crippen molar-refractivity contribution >= 4 is 17.9 Å². The highest BCUT2D eigenvalue weighted by Crippen LogP contribution is 2.17. The van der Waals surface area contributed by atoms with Crippen molar-refractivity contribution in [1.82, 2.24) is 0 Å². The highest BCUT2D eigenvalue weighted by molar-refractivity contribution is 5.71. The zero-order chi connectivity index (χ0) is 57.8. The maximum atomic E-state index is 13.0. The Morgan fingerprint density at radius 2 is 0.487 bits per heavy atom. The van der Waals surface area contributed by atoms with Crippen molar-refractivity contribution in [1.29, 1.82) is 0 Å². The minimum atomic E-state index is -0.799. The Bertz CT molecular complexity index is 1650. The molecule has 0 fully saturated rings. The topological polar surface area (TPSA) is 78.9 Å². The van der Waals surface area contributed by atoms with E-state index in [1.54, 1.807) is 0 Å². The van der Waals surface area contributed by atoms with E-state index in [1.165, 1.54) is 122 Å². The van der Waals surface area contributed by atoms with Gasteiger partial charge in [-0.15, -0.1) is 0 Å². The van der Waals surface area contributed by atoms with Gasteiger partial charge in [0.25, 0.3) is 0 Å². The second kappa shape index (κ2) is 67.3. The van der Waals surface area contributed by atoms with Gasteiger partial charge in [-0.1, -0.05) is 303 Å². The van der Waals surface area contributed by atoms with E-state index in [2.05, 4.69) is 142 Å².